The molecule has 4 heteroatoms. The third-order valence-electron chi connectivity index (χ3n) is 3.72. The first kappa shape index (κ1) is 15.4. The van der Waals surface area contributed by atoms with Crippen LogP contribution >= 0.6 is 11.6 Å². The Balaban J connectivity index is 2.85. The van der Waals surface area contributed by atoms with E-state index in [9.17, 15) is 4.39 Å². The number of halogens is 2. The van der Waals surface area contributed by atoms with Crippen LogP contribution < -0.4 is 5.73 Å². The highest BCUT2D eigenvalue weighted by molar-refractivity contribution is 6.30. The van der Waals surface area contributed by atoms with Crippen LogP contribution in [0.4, 0.5) is 4.39 Å². The number of ether oxygens (including phenoxy) is 1. The monoisotopic (exact) mass is 273 g/mol. The number of hydrogen-bond donors (Lipinski definition) is 1. The van der Waals surface area contributed by atoms with Gasteiger partial charge in [-0.2, -0.15) is 0 Å². The van der Waals surface area contributed by atoms with Gasteiger partial charge >= 0.3 is 0 Å². The predicted molar refractivity (Wildman–Crippen MR) is 73.4 cm³/mol. The molecule has 0 fully saturated rings. The van der Waals surface area contributed by atoms with Gasteiger partial charge in [0.15, 0.2) is 0 Å². The minimum Gasteiger partial charge on any atom is -0.377 e. The molecule has 18 heavy (non-hydrogen) atoms. The molecule has 1 aromatic carbocycles. The summed E-state index contributed by atoms with van der Waals surface area (Å²) in [5, 5.41) is 0.135. The molecular formula is C14H21ClFNO. The Morgan fingerprint density at radius 1 is 1.39 bits per heavy atom. The third-order valence-corrected chi connectivity index (χ3v) is 4.01. The maximum Gasteiger partial charge on any atom is 0.141 e. The van der Waals surface area contributed by atoms with Crippen LogP contribution in [0.3, 0.4) is 0 Å². The second-order valence-electron chi connectivity index (χ2n) is 4.54. The van der Waals surface area contributed by atoms with Crippen LogP contribution in [-0.4, -0.2) is 18.8 Å². The topological polar surface area (TPSA) is 35.2 Å². The summed E-state index contributed by atoms with van der Waals surface area (Å²) in [7, 11) is 1.69. The quantitative estimate of drug-likeness (QED) is 0.860. The molecule has 0 amide bonds. The molecule has 0 aliphatic rings. The Morgan fingerprint density at radius 3 is 2.44 bits per heavy atom. The van der Waals surface area contributed by atoms with Crippen molar-refractivity contribution in [1.29, 1.82) is 0 Å². The molecule has 1 aromatic rings. The summed E-state index contributed by atoms with van der Waals surface area (Å²) in [6.07, 6.45) is 2.31. The zero-order valence-corrected chi connectivity index (χ0v) is 11.9. The lowest BCUT2D eigenvalue weighted by atomic mass is 9.85. The van der Waals surface area contributed by atoms with Gasteiger partial charge < -0.3 is 10.5 Å². The molecule has 0 aliphatic heterocycles. The molecule has 0 saturated carbocycles. The molecule has 1 rings (SSSR count). The van der Waals surface area contributed by atoms with Crippen LogP contribution in [0.2, 0.25) is 5.02 Å². The molecule has 0 heterocycles. The van der Waals surface area contributed by atoms with Crippen molar-refractivity contribution >= 4 is 11.6 Å². The molecule has 1 unspecified atom stereocenters. The minimum atomic E-state index is -0.405. The van der Waals surface area contributed by atoms with Crippen LogP contribution in [0, 0.1) is 5.82 Å². The molecule has 0 spiro atoms. The fourth-order valence-electron chi connectivity index (χ4n) is 2.32. The van der Waals surface area contributed by atoms with Gasteiger partial charge in [0, 0.05) is 13.2 Å². The summed E-state index contributed by atoms with van der Waals surface area (Å²) in [5.74, 6) is -0.405. The Kier molecular flexibility index (Phi) is 5.57. The van der Waals surface area contributed by atoms with Crippen molar-refractivity contribution in [2.24, 2.45) is 5.73 Å². The van der Waals surface area contributed by atoms with Gasteiger partial charge in [-0.15, -0.1) is 0 Å². The molecule has 0 bridgehead atoms. The van der Waals surface area contributed by atoms with E-state index in [-0.39, 0.29) is 16.7 Å². The number of rotatable bonds is 6. The van der Waals surface area contributed by atoms with E-state index in [2.05, 4.69) is 13.8 Å². The van der Waals surface area contributed by atoms with Crippen molar-refractivity contribution in [2.45, 2.75) is 44.8 Å². The van der Waals surface area contributed by atoms with Gasteiger partial charge in [-0.3, -0.25) is 0 Å². The van der Waals surface area contributed by atoms with Gasteiger partial charge in [0.05, 0.1) is 10.6 Å². The van der Waals surface area contributed by atoms with Gasteiger partial charge in [0.25, 0.3) is 0 Å². The second kappa shape index (κ2) is 6.50. The van der Waals surface area contributed by atoms with E-state index in [1.165, 1.54) is 6.07 Å². The second-order valence-corrected chi connectivity index (χ2v) is 4.94. The fraction of sp³-hybridized carbons (Fsp3) is 0.571. The van der Waals surface area contributed by atoms with E-state index < -0.39 is 5.82 Å². The lowest BCUT2D eigenvalue weighted by Crippen LogP contribution is -2.50. The highest BCUT2D eigenvalue weighted by Crippen LogP contribution is 2.26. The molecule has 0 aromatic heterocycles. The van der Waals surface area contributed by atoms with Gasteiger partial charge in [-0.1, -0.05) is 31.5 Å². The zero-order valence-electron chi connectivity index (χ0n) is 11.2. The Morgan fingerprint density at radius 2 is 2.00 bits per heavy atom. The summed E-state index contributed by atoms with van der Waals surface area (Å²) in [5.41, 5.74) is 6.84. The number of hydrogen-bond acceptors (Lipinski definition) is 2. The number of nitrogens with two attached hydrogens (primary N) is 1. The zero-order chi connectivity index (χ0) is 13.8. The maximum atomic E-state index is 13.1. The minimum absolute atomic E-state index is 0.135. The summed E-state index contributed by atoms with van der Waals surface area (Å²) in [4.78, 5) is 0. The molecule has 0 aliphatic carbocycles. The molecular weight excluding hydrogens is 253 g/mol. The predicted octanol–water partition coefficient (Wildman–Crippen LogP) is 3.55. The van der Waals surface area contributed by atoms with Gasteiger partial charge in [0.1, 0.15) is 5.82 Å². The van der Waals surface area contributed by atoms with E-state index in [1.54, 1.807) is 19.2 Å². The van der Waals surface area contributed by atoms with Crippen molar-refractivity contribution in [3.63, 3.8) is 0 Å². The van der Waals surface area contributed by atoms with Crippen molar-refractivity contribution in [1.82, 2.24) is 0 Å². The number of methoxy groups -OCH3 is 1. The normalized spacial score (nSPS) is 13.7. The van der Waals surface area contributed by atoms with Crippen molar-refractivity contribution in [3.05, 3.63) is 34.6 Å². The van der Waals surface area contributed by atoms with Gasteiger partial charge in [-0.05, 0) is 37.0 Å². The van der Waals surface area contributed by atoms with Crippen molar-refractivity contribution < 1.29 is 9.13 Å². The van der Waals surface area contributed by atoms with Crippen LogP contribution in [-0.2, 0) is 11.2 Å². The Labute approximate surface area is 113 Å². The fourth-order valence-corrected chi connectivity index (χ4v) is 2.52. The van der Waals surface area contributed by atoms with Gasteiger partial charge in [-0.25, -0.2) is 4.39 Å². The van der Waals surface area contributed by atoms with Gasteiger partial charge in [0.2, 0.25) is 0 Å². The lowest BCUT2D eigenvalue weighted by Gasteiger charge is -2.36. The summed E-state index contributed by atoms with van der Waals surface area (Å²) in [6, 6.07) is 4.57. The summed E-state index contributed by atoms with van der Waals surface area (Å²) in [6.45, 7) is 4.12. The van der Waals surface area contributed by atoms with Crippen LogP contribution in [0.5, 0.6) is 0 Å². The molecule has 2 nitrogen and oxygen atoms in total. The lowest BCUT2D eigenvalue weighted by molar-refractivity contribution is -0.0374. The smallest absolute Gasteiger partial charge is 0.141 e. The average Bonchev–Trinajstić information content (AvgIpc) is 2.37. The van der Waals surface area contributed by atoms with E-state index in [1.807, 2.05) is 0 Å². The Bertz CT molecular complexity index is 385. The highest BCUT2D eigenvalue weighted by atomic mass is 35.5. The van der Waals surface area contributed by atoms with Crippen molar-refractivity contribution in [2.75, 3.05) is 7.11 Å². The van der Waals surface area contributed by atoms with Crippen molar-refractivity contribution in [3.8, 4) is 0 Å². The molecule has 0 radical (unpaired) electrons. The standard InChI is InChI=1S/C14H21ClFNO/c1-4-14(5-2,18-3)13(17)9-10-6-7-12(16)11(15)8-10/h6-8,13H,4-5,9,17H2,1-3H3. The molecule has 102 valence electrons. The highest BCUT2D eigenvalue weighted by Gasteiger charge is 2.33. The maximum absolute atomic E-state index is 13.1. The Hall–Kier alpha value is -0.640. The SMILES string of the molecule is CCC(CC)(OC)C(N)Cc1ccc(F)c(Cl)c1. The third kappa shape index (κ3) is 3.22. The van der Waals surface area contributed by atoms with E-state index in [4.69, 9.17) is 22.1 Å². The van der Waals surface area contributed by atoms with Crippen LogP contribution in [0.1, 0.15) is 32.3 Å². The molecule has 2 N–H and O–H groups in total. The van der Waals surface area contributed by atoms with Crippen LogP contribution in [0.25, 0.3) is 0 Å². The average molecular weight is 274 g/mol. The first-order valence-electron chi connectivity index (χ1n) is 6.23. The molecule has 1 atom stereocenters. The largest absolute Gasteiger partial charge is 0.377 e. The van der Waals surface area contributed by atoms with E-state index in [0.29, 0.717) is 6.42 Å². The summed E-state index contributed by atoms with van der Waals surface area (Å²) >= 11 is 5.77. The van der Waals surface area contributed by atoms with Crippen LogP contribution in [0.15, 0.2) is 18.2 Å². The van der Waals surface area contributed by atoms with E-state index in [0.717, 1.165) is 18.4 Å². The first-order valence-corrected chi connectivity index (χ1v) is 6.61. The first-order chi connectivity index (χ1) is 8.49. The van der Waals surface area contributed by atoms with E-state index >= 15 is 0 Å². The summed E-state index contributed by atoms with van der Waals surface area (Å²) < 4.78 is 18.7. The number of benzene rings is 1. The molecule has 0 saturated heterocycles.